The van der Waals surface area contributed by atoms with Crippen LogP contribution in [-0.4, -0.2) is 11.6 Å². The summed E-state index contributed by atoms with van der Waals surface area (Å²) in [5.41, 5.74) is 1.21. The lowest BCUT2D eigenvalue weighted by molar-refractivity contribution is -0.113. The first kappa shape index (κ1) is 14.0. The zero-order valence-electron chi connectivity index (χ0n) is 10.6. The van der Waals surface area contributed by atoms with E-state index in [1.165, 1.54) is 0 Å². The molecule has 0 aliphatic heterocycles. The summed E-state index contributed by atoms with van der Waals surface area (Å²) in [5, 5.41) is 0.553. The summed E-state index contributed by atoms with van der Waals surface area (Å²) in [6.07, 6.45) is -0.221. The van der Waals surface area contributed by atoms with Gasteiger partial charge in [0, 0.05) is 16.1 Å². The zero-order chi connectivity index (χ0) is 14.4. The predicted molar refractivity (Wildman–Crippen MR) is 78.7 cm³/mol. The third-order valence-corrected chi connectivity index (χ3v) is 2.86. The quantitative estimate of drug-likeness (QED) is 0.490. The highest BCUT2D eigenvalue weighted by Crippen LogP contribution is 2.11. The van der Waals surface area contributed by atoms with Crippen LogP contribution in [0, 0.1) is 11.8 Å². The number of hydrogen-bond donors (Lipinski definition) is 0. The average Bonchev–Trinajstić information content (AvgIpc) is 2.47. The molecule has 0 spiro atoms. The Bertz CT molecular complexity index is 676. The second kappa shape index (κ2) is 6.70. The molecule has 0 aliphatic rings. The van der Waals surface area contributed by atoms with Crippen molar-refractivity contribution in [1.29, 1.82) is 0 Å². The normalized spacial score (nSPS) is 9.45. The highest BCUT2D eigenvalue weighted by molar-refractivity contribution is 6.30. The molecular weight excluding hydrogens is 272 g/mol. The molecule has 0 unspecified atom stereocenters. The molecule has 98 valence electrons. The van der Waals surface area contributed by atoms with E-state index in [4.69, 9.17) is 11.6 Å². The third kappa shape index (κ3) is 4.08. The SMILES string of the molecule is O=C(C#Cc1ccccc1)CC(=O)c1ccc(Cl)cc1. The van der Waals surface area contributed by atoms with Gasteiger partial charge in [0.25, 0.3) is 0 Å². The Hall–Kier alpha value is -2.37. The summed E-state index contributed by atoms with van der Waals surface area (Å²) in [6.45, 7) is 0. The van der Waals surface area contributed by atoms with Crippen molar-refractivity contribution < 1.29 is 9.59 Å². The lowest BCUT2D eigenvalue weighted by Gasteiger charge is -1.97. The maximum atomic E-state index is 11.8. The Kier molecular flexibility index (Phi) is 4.70. The van der Waals surface area contributed by atoms with Crippen LogP contribution in [0.2, 0.25) is 5.02 Å². The smallest absolute Gasteiger partial charge is 0.213 e. The molecule has 2 aromatic carbocycles. The van der Waals surface area contributed by atoms with Gasteiger partial charge in [0.15, 0.2) is 5.78 Å². The van der Waals surface area contributed by atoms with Gasteiger partial charge in [-0.25, -0.2) is 0 Å². The van der Waals surface area contributed by atoms with Gasteiger partial charge in [0.05, 0.1) is 6.42 Å². The summed E-state index contributed by atoms with van der Waals surface area (Å²) < 4.78 is 0. The summed E-state index contributed by atoms with van der Waals surface area (Å²) in [4.78, 5) is 23.5. The molecule has 0 heterocycles. The molecule has 0 amide bonds. The van der Waals surface area contributed by atoms with Crippen molar-refractivity contribution in [3.05, 3.63) is 70.7 Å². The van der Waals surface area contributed by atoms with Gasteiger partial charge in [-0.3, -0.25) is 9.59 Å². The van der Waals surface area contributed by atoms with E-state index in [0.717, 1.165) is 5.56 Å². The van der Waals surface area contributed by atoms with Crippen LogP contribution >= 0.6 is 11.6 Å². The molecule has 0 saturated carbocycles. The van der Waals surface area contributed by atoms with Crippen molar-refractivity contribution >= 4 is 23.2 Å². The fraction of sp³-hybridized carbons (Fsp3) is 0.0588. The number of carbonyl (C=O) groups excluding carboxylic acids is 2. The molecule has 2 rings (SSSR count). The fourth-order valence-corrected chi connectivity index (χ4v) is 1.72. The van der Waals surface area contributed by atoms with Crippen molar-refractivity contribution in [2.75, 3.05) is 0 Å². The molecule has 0 aliphatic carbocycles. The van der Waals surface area contributed by atoms with Crippen molar-refractivity contribution in [3.8, 4) is 11.8 Å². The number of hydrogen-bond acceptors (Lipinski definition) is 2. The van der Waals surface area contributed by atoms with Crippen molar-refractivity contribution in [2.45, 2.75) is 6.42 Å². The van der Waals surface area contributed by atoms with Gasteiger partial charge in [-0.1, -0.05) is 35.7 Å². The zero-order valence-corrected chi connectivity index (χ0v) is 11.4. The Morgan fingerprint density at radius 2 is 1.60 bits per heavy atom. The van der Waals surface area contributed by atoms with E-state index in [9.17, 15) is 9.59 Å². The van der Waals surface area contributed by atoms with Crippen LogP contribution in [0.25, 0.3) is 0 Å². The standard InChI is InChI=1S/C17H11ClO2/c18-15-9-7-14(8-10-15)17(20)12-16(19)11-6-13-4-2-1-3-5-13/h1-5,7-10H,12H2. The van der Waals surface area contributed by atoms with Gasteiger partial charge < -0.3 is 0 Å². The Balaban J connectivity index is 2.00. The molecule has 0 saturated heterocycles. The second-order valence-corrected chi connectivity index (χ2v) is 4.58. The van der Waals surface area contributed by atoms with Gasteiger partial charge in [-0.15, -0.1) is 0 Å². The van der Waals surface area contributed by atoms with Gasteiger partial charge in [0.2, 0.25) is 5.78 Å². The van der Waals surface area contributed by atoms with E-state index in [2.05, 4.69) is 11.8 Å². The van der Waals surface area contributed by atoms with Gasteiger partial charge in [-0.05, 0) is 42.3 Å². The number of carbonyl (C=O) groups is 2. The second-order valence-electron chi connectivity index (χ2n) is 4.15. The molecule has 2 aromatic rings. The van der Waals surface area contributed by atoms with Gasteiger partial charge >= 0.3 is 0 Å². The highest BCUT2D eigenvalue weighted by Gasteiger charge is 2.09. The number of ketones is 2. The number of benzene rings is 2. The molecule has 0 atom stereocenters. The Labute approximate surface area is 122 Å². The van der Waals surface area contributed by atoms with E-state index in [1.807, 2.05) is 18.2 Å². The van der Waals surface area contributed by atoms with Crippen LogP contribution in [0.1, 0.15) is 22.3 Å². The molecule has 0 fully saturated rings. The monoisotopic (exact) mass is 282 g/mol. The molecule has 0 N–H and O–H groups in total. The maximum absolute atomic E-state index is 11.8. The molecular formula is C17H11ClO2. The van der Waals surface area contributed by atoms with E-state index in [0.29, 0.717) is 10.6 Å². The van der Waals surface area contributed by atoms with Crippen LogP contribution < -0.4 is 0 Å². The maximum Gasteiger partial charge on any atom is 0.213 e. The van der Waals surface area contributed by atoms with Gasteiger partial charge in [0.1, 0.15) is 0 Å². The van der Waals surface area contributed by atoms with Gasteiger partial charge in [-0.2, -0.15) is 0 Å². The molecule has 0 bridgehead atoms. The largest absolute Gasteiger partial charge is 0.294 e. The topological polar surface area (TPSA) is 34.1 Å². The fourth-order valence-electron chi connectivity index (χ4n) is 1.59. The van der Waals surface area contributed by atoms with Crippen LogP contribution in [-0.2, 0) is 4.79 Å². The first-order chi connectivity index (χ1) is 9.65. The molecule has 3 heteroatoms. The minimum absolute atomic E-state index is 0.221. The predicted octanol–water partition coefficient (Wildman–Crippen LogP) is 3.53. The van der Waals surface area contributed by atoms with Crippen molar-refractivity contribution in [1.82, 2.24) is 0 Å². The van der Waals surface area contributed by atoms with Crippen LogP contribution in [0.15, 0.2) is 54.6 Å². The average molecular weight is 283 g/mol. The number of halogens is 1. The van der Waals surface area contributed by atoms with E-state index >= 15 is 0 Å². The summed E-state index contributed by atoms with van der Waals surface area (Å²) in [5.74, 6) is 4.56. The minimum atomic E-state index is -0.395. The van der Waals surface area contributed by atoms with E-state index < -0.39 is 5.78 Å². The molecule has 0 aromatic heterocycles. The number of Topliss-reactive ketones (excluding diaryl/α,β-unsaturated/α-hetero) is 2. The Morgan fingerprint density at radius 3 is 2.25 bits per heavy atom. The number of rotatable bonds is 3. The first-order valence-corrected chi connectivity index (χ1v) is 6.41. The van der Waals surface area contributed by atoms with Crippen LogP contribution in [0.4, 0.5) is 0 Å². The lowest BCUT2D eigenvalue weighted by Crippen LogP contribution is -2.06. The first-order valence-electron chi connectivity index (χ1n) is 6.04. The summed E-state index contributed by atoms with van der Waals surface area (Å²) in [6, 6.07) is 15.6. The molecule has 2 nitrogen and oxygen atoms in total. The van der Waals surface area contributed by atoms with E-state index in [-0.39, 0.29) is 12.2 Å². The van der Waals surface area contributed by atoms with E-state index in [1.54, 1.807) is 36.4 Å². The summed E-state index contributed by atoms with van der Waals surface area (Å²) in [7, 11) is 0. The minimum Gasteiger partial charge on any atom is -0.294 e. The summed E-state index contributed by atoms with van der Waals surface area (Å²) >= 11 is 5.74. The molecule has 0 radical (unpaired) electrons. The van der Waals surface area contributed by atoms with Crippen LogP contribution in [0.3, 0.4) is 0 Å². The highest BCUT2D eigenvalue weighted by atomic mass is 35.5. The van der Waals surface area contributed by atoms with Crippen molar-refractivity contribution in [2.24, 2.45) is 0 Å². The van der Waals surface area contributed by atoms with Crippen LogP contribution in [0.5, 0.6) is 0 Å². The lowest BCUT2D eigenvalue weighted by atomic mass is 10.1. The third-order valence-electron chi connectivity index (χ3n) is 2.61. The van der Waals surface area contributed by atoms with Crippen molar-refractivity contribution in [3.63, 3.8) is 0 Å². The molecule has 20 heavy (non-hydrogen) atoms. The Morgan fingerprint density at radius 1 is 0.950 bits per heavy atom.